The molecule has 1 rings (SSSR count). The molecule has 1 unspecified atom stereocenters. The van der Waals surface area contributed by atoms with Gasteiger partial charge >= 0.3 is 0 Å². The van der Waals surface area contributed by atoms with E-state index < -0.39 is 0 Å². The van der Waals surface area contributed by atoms with Gasteiger partial charge in [-0.15, -0.1) is 0 Å². The number of hydrogen-bond acceptors (Lipinski definition) is 1. The summed E-state index contributed by atoms with van der Waals surface area (Å²) in [6.07, 6.45) is 2.43. The molecule has 0 saturated heterocycles. The molecule has 0 spiro atoms. The van der Waals surface area contributed by atoms with Crippen LogP contribution < -0.4 is 5.73 Å². The monoisotopic (exact) mass is 205 g/mol. The predicted octanol–water partition coefficient (Wildman–Crippen LogP) is 3.65. The molecule has 1 nitrogen and oxygen atoms in total. The largest absolute Gasteiger partial charge is 0.330 e. The fourth-order valence-electron chi connectivity index (χ4n) is 2.19. The first-order valence-corrected chi connectivity index (χ1v) is 6.03. The van der Waals surface area contributed by atoms with E-state index in [1.807, 2.05) is 0 Å². The fraction of sp³-hybridized carbons (Fsp3) is 0.571. The summed E-state index contributed by atoms with van der Waals surface area (Å²) in [6.45, 7) is 7.47. The van der Waals surface area contributed by atoms with Crippen molar-refractivity contribution in [3.8, 4) is 0 Å². The Labute approximate surface area is 93.7 Å². The second-order valence-electron chi connectivity index (χ2n) is 4.28. The van der Waals surface area contributed by atoms with E-state index in [1.54, 1.807) is 0 Å². The van der Waals surface area contributed by atoms with Crippen molar-refractivity contribution in [2.75, 3.05) is 6.54 Å². The van der Waals surface area contributed by atoms with Crippen molar-refractivity contribution in [3.63, 3.8) is 0 Å². The lowest BCUT2D eigenvalue weighted by Gasteiger charge is -2.20. The minimum absolute atomic E-state index is 0.474. The van der Waals surface area contributed by atoms with Gasteiger partial charge in [-0.2, -0.15) is 0 Å². The second-order valence-corrected chi connectivity index (χ2v) is 4.28. The van der Waals surface area contributed by atoms with Gasteiger partial charge in [0, 0.05) is 0 Å². The van der Waals surface area contributed by atoms with Crippen molar-refractivity contribution in [3.05, 3.63) is 35.4 Å². The van der Waals surface area contributed by atoms with Crippen molar-refractivity contribution in [2.45, 2.75) is 45.4 Å². The van der Waals surface area contributed by atoms with Gasteiger partial charge in [0.2, 0.25) is 0 Å². The van der Waals surface area contributed by atoms with Crippen LogP contribution in [0.3, 0.4) is 0 Å². The highest BCUT2D eigenvalue weighted by Crippen LogP contribution is 2.30. The zero-order valence-electron chi connectivity index (χ0n) is 10.2. The molecule has 1 aromatic rings. The smallest absolute Gasteiger partial charge is 0.00108 e. The van der Waals surface area contributed by atoms with Crippen LogP contribution in [0, 0.1) is 0 Å². The Hall–Kier alpha value is -0.820. The summed E-state index contributed by atoms with van der Waals surface area (Å²) >= 11 is 0. The fourth-order valence-corrected chi connectivity index (χ4v) is 2.19. The molecule has 0 aromatic heterocycles. The number of nitrogens with two attached hydrogens (primary N) is 1. The molecule has 84 valence electrons. The molecule has 0 fully saturated rings. The van der Waals surface area contributed by atoms with Gasteiger partial charge in [0.25, 0.3) is 0 Å². The quantitative estimate of drug-likeness (QED) is 0.780. The first kappa shape index (κ1) is 12.3. The van der Waals surface area contributed by atoms with E-state index in [2.05, 4.69) is 45.0 Å². The molecule has 2 N–H and O–H groups in total. The van der Waals surface area contributed by atoms with Crippen molar-refractivity contribution < 1.29 is 0 Å². The summed E-state index contributed by atoms with van der Waals surface area (Å²) in [5.74, 6) is 1.16. The topological polar surface area (TPSA) is 26.0 Å². The lowest BCUT2D eigenvalue weighted by Crippen LogP contribution is -2.12. The molecule has 0 radical (unpaired) electrons. The first-order valence-electron chi connectivity index (χ1n) is 6.03. The molecule has 0 aliphatic heterocycles. The molecule has 1 atom stereocenters. The van der Waals surface area contributed by atoms with Crippen molar-refractivity contribution in [2.24, 2.45) is 5.73 Å². The number of hydrogen-bond donors (Lipinski definition) is 1. The third-order valence-electron chi connectivity index (χ3n) is 3.31. The minimum atomic E-state index is 0.474. The van der Waals surface area contributed by atoms with Gasteiger partial charge in [-0.3, -0.25) is 0 Å². The first-order chi connectivity index (χ1) is 7.24. The highest BCUT2D eigenvalue weighted by atomic mass is 14.5. The average molecular weight is 205 g/mol. The van der Waals surface area contributed by atoms with E-state index in [9.17, 15) is 0 Å². The SMILES string of the molecule is CCC(CC)c1ccccc1C(C)CN. The molecule has 0 bridgehead atoms. The molecule has 0 saturated carbocycles. The van der Waals surface area contributed by atoms with Crippen molar-refractivity contribution in [1.29, 1.82) is 0 Å². The highest BCUT2D eigenvalue weighted by molar-refractivity contribution is 5.33. The van der Waals surface area contributed by atoms with Gasteiger partial charge in [0.1, 0.15) is 0 Å². The van der Waals surface area contributed by atoms with Gasteiger partial charge in [-0.05, 0) is 42.3 Å². The zero-order chi connectivity index (χ0) is 11.3. The lowest BCUT2D eigenvalue weighted by molar-refractivity contribution is 0.624. The maximum absolute atomic E-state index is 5.76. The molecule has 0 amide bonds. The molecular formula is C14H23N. The standard InChI is InChI=1S/C14H23N/c1-4-12(5-2)14-9-7-6-8-13(14)11(3)10-15/h6-9,11-12H,4-5,10,15H2,1-3H3. The van der Waals surface area contributed by atoms with Crippen LogP contribution in [0.4, 0.5) is 0 Å². The molecule has 1 aromatic carbocycles. The zero-order valence-corrected chi connectivity index (χ0v) is 10.2. The summed E-state index contributed by atoms with van der Waals surface area (Å²) < 4.78 is 0. The van der Waals surface area contributed by atoms with E-state index >= 15 is 0 Å². The van der Waals surface area contributed by atoms with Crippen LogP contribution >= 0.6 is 0 Å². The third-order valence-corrected chi connectivity index (χ3v) is 3.31. The summed E-state index contributed by atoms with van der Waals surface area (Å²) in [6, 6.07) is 8.75. The Bertz CT molecular complexity index is 289. The Morgan fingerprint density at radius 1 is 1.07 bits per heavy atom. The van der Waals surface area contributed by atoms with Crippen LogP contribution in [0.2, 0.25) is 0 Å². The highest BCUT2D eigenvalue weighted by Gasteiger charge is 2.14. The molecule has 15 heavy (non-hydrogen) atoms. The predicted molar refractivity (Wildman–Crippen MR) is 67.2 cm³/mol. The van der Waals surface area contributed by atoms with Crippen molar-refractivity contribution in [1.82, 2.24) is 0 Å². The molecular weight excluding hydrogens is 182 g/mol. The van der Waals surface area contributed by atoms with Crippen LogP contribution in [-0.4, -0.2) is 6.54 Å². The number of rotatable bonds is 5. The van der Waals surface area contributed by atoms with Gasteiger partial charge in [0.15, 0.2) is 0 Å². The Balaban J connectivity index is 3.04. The average Bonchev–Trinajstić information content (AvgIpc) is 2.30. The Morgan fingerprint density at radius 3 is 2.07 bits per heavy atom. The summed E-state index contributed by atoms with van der Waals surface area (Å²) in [5.41, 5.74) is 8.70. The van der Waals surface area contributed by atoms with Crippen LogP contribution in [0.15, 0.2) is 24.3 Å². The van der Waals surface area contributed by atoms with Crippen molar-refractivity contribution >= 4 is 0 Å². The van der Waals surface area contributed by atoms with Gasteiger partial charge in [-0.1, -0.05) is 45.0 Å². The van der Waals surface area contributed by atoms with E-state index in [4.69, 9.17) is 5.73 Å². The Morgan fingerprint density at radius 2 is 1.60 bits per heavy atom. The second kappa shape index (κ2) is 5.92. The molecule has 0 aliphatic carbocycles. The van der Waals surface area contributed by atoms with Crippen LogP contribution in [-0.2, 0) is 0 Å². The van der Waals surface area contributed by atoms with E-state index in [1.165, 1.54) is 24.0 Å². The Kier molecular flexibility index (Phi) is 4.83. The molecule has 0 aliphatic rings. The minimum Gasteiger partial charge on any atom is -0.330 e. The molecule has 0 heterocycles. The maximum Gasteiger partial charge on any atom is -0.00108 e. The van der Waals surface area contributed by atoms with Crippen LogP contribution in [0.1, 0.15) is 56.6 Å². The number of benzene rings is 1. The van der Waals surface area contributed by atoms with Gasteiger partial charge in [-0.25, -0.2) is 0 Å². The third kappa shape index (κ3) is 2.82. The van der Waals surface area contributed by atoms with Gasteiger partial charge < -0.3 is 5.73 Å². The summed E-state index contributed by atoms with van der Waals surface area (Å²) in [7, 11) is 0. The normalized spacial score (nSPS) is 13.1. The summed E-state index contributed by atoms with van der Waals surface area (Å²) in [5, 5.41) is 0. The van der Waals surface area contributed by atoms with Crippen LogP contribution in [0.5, 0.6) is 0 Å². The lowest BCUT2D eigenvalue weighted by atomic mass is 9.85. The van der Waals surface area contributed by atoms with Gasteiger partial charge in [0.05, 0.1) is 0 Å². The van der Waals surface area contributed by atoms with E-state index in [-0.39, 0.29) is 0 Å². The summed E-state index contributed by atoms with van der Waals surface area (Å²) in [4.78, 5) is 0. The molecule has 1 heteroatoms. The van der Waals surface area contributed by atoms with E-state index in [0.717, 1.165) is 6.54 Å². The van der Waals surface area contributed by atoms with Crippen LogP contribution in [0.25, 0.3) is 0 Å². The van der Waals surface area contributed by atoms with E-state index in [0.29, 0.717) is 11.8 Å². The maximum atomic E-state index is 5.76.